The van der Waals surface area contributed by atoms with E-state index in [-0.39, 0.29) is 17.5 Å². The Kier molecular flexibility index (Phi) is 6.43. The number of H-pyrrole nitrogens is 2. The Labute approximate surface area is 232 Å². The van der Waals surface area contributed by atoms with Gasteiger partial charge in [-0.2, -0.15) is 5.10 Å². The molecule has 3 heterocycles. The van der Waals surface area contributed by atoms with Gasteiger partial charge in [-0.05, 0) is 85.1 Å². The third-order valence-electron chi connectivity index (χ3n) is 7.55. The molecule has 4 N–H and O–H groups in total. The molecule has 0 bridgehead atoms. The van der Waals surface area contributed by atoms with E-state index in [4.69, 9.17) is 10.5 Å². The molecule has 1 amide bonds. The zero-order chi connectivity index (χ0) is 28.0. The third-order valence-corrected chi connectivity index (χ3v) is 7.55. The first-order valence-corrected chi connectivity index (χ1v) is 13.6. The normalized spacial score (nSPS) is 18.4. The standard InChI is InChI=1S/C32H33N5O3/c1-32(2,3)40-31(39)37-18-27(23-8-4-5-9-28(23)37)26-17-34-30(38)29-24-13-19(21-15-35-36-16-21)10-11-22(24)20(7-6-12-33)14-25(26)29/h4-5,8-11,13-18,23,28H,6-7,12,33H2,1-3H3,(H,34,38)(H,35,36). The lowest BCUT2D eigenvalue weighted by Crippen LogP contribution is -2.39. The summed E-state index contributed by atoms with van der Waals surface area (Å²) in [6, 6.07) is 8.13. The van der Waals surface area contributed by atoms with Crippen LogP contribution in [0.1, 0.15) is 38.3 Å². The smallest absolute Gasteiger partial charge is 0.414 e. The summed E-state index contributed by atoms with van der Waals surface area (Å²) in [7, 11) is 0. The number of nitrogens with one attached hydrogen (secondary N) is 2. The number of aromatic nitrogens is 3. The molecule has 2 aliphatic rings. The van der Waals surface area contributed by atoms with Gasteiger partial charge >= 0.3 is 6.09 Å². The molecule has 2 aromatic carbocycles. The zero-order valence-electron chi connectivity index (χ0n) is 22.9. The van der Waals surface area contributed by atoms with Crippen LogP contribution in [0.2, 0.25) is 0 Å². The van der Waals surface area contributed by atoms with Gasteiger partial charge in [-0.15, -0.1) is 0 Å². The van der Waals surface area contributed by atoms with E-state index in [0.29, 0.717) is 11.9 Å². The quantitative estimate of drug-likeness (QED) is 0.285. The number of aromatic amines is 2. The van der Waals surface area contributed by atoms with Crippen molar-refractivity contribution in [2.45, 2.75) is 45.3 Å². The highest BCUT2D eigenvalue weighted by Crippen LogP contribution is 2.42. The molecule has 6 rings (SSSR count). The van der Waals surface area contributed by atoms with Crippen LogP contribution in [0.15, 0.2) is 78.2 Å². The van der Waals surface area contributed by atoms with Crippen LogP contribution in [0.4, 0.5) is 4.79 Å². The van der Waals surface area contributed by atoms with Gasteiger partial charge in [-0.3, -0.25) is 14.8 Å². The lowest BCUT2D eigenvalue weighted by atomic mass is 9.84. The minimum atomic E-state index is -0.619. The number of ether oxygens (including phenoxy) is 1. The monoisotopic (exact) mass is 535 g/mol. The third kappa shape index (κ3) is 4.54. The Morgan fingerprint density at radius 2 is 1.90 bits per heavy atom. The molecule has 0 spiro atoms. The number of nitrogens with zero attached hydrogens (tertiary/aromatic N) is 2. The van der Waals surface area contributed by atoms with E-state index in [1.807, 2.05) is 51.4 Å². The molecular formula is C32H33N5O3. The molecule has 8 nitrogen and oxygen atoms in total. The second kappa shape index (κ2) is 9.95. The van der Waals surface area contributed by atoms with Crippen LogP contribution in [0.25, 0.3) is 38.2 Å². The first kappa shape index (κ1) is 25.8. The van der Waals surface area contributed by atoms with Crippen LogP contribution in [-0.4, -0.2) is 44.4 Å². The fourth-order valence-corrected chi connectivity index (χ4v) is 5.78. The minimum Gasteiger partial charge on any atom is -0.443 e. The van der Waals surface area contributed by atoms with Gasteiger partial charge in [0.2, 0.25) is 0 Å². The van der Waals surface area contributed by atoms with E-state index in [0.717, 1.165) is 56.8 Å². The van der Waals surface area contributed by atoms with Crippen molar-refractivity contribution in [3.05, 3.63) is 94.8 Å². The highest BCUT2D eigenvalue weighted by atomic mass is 16.6. The number of nitrogens with two attached hydrogens (primary N) is 1. The lowest BCUT2D eigenvalue weighted by molar-refractivity contribution is 0.0303. The molecule has 1 aliphatic heterocycles. The summed E-state index contributed by atoms with van der Waals surface area (Å²) in [5.74, 6) is -0.0768. The summed E-state index contributed by atoms with van der Waals surface area (Å²) in [6.07, 6.45) is 16.6. The zero-order valence-corrected chi connectivity index (χ0v) is 22.9. The van der Waals surface area contributed by atoms with Crippen LogP contribution in [0, 0.1) is 5.92 Å². The van der Waals surface area contributed by atoms with E-state index < -0.39 is 11.7 Å². The molecule has 2 atom stereocenters. The van der Waals surface area contributed by atoms with Crippen molar-refractivity contribution >= 4 is 33.2 Å². The number of pyridine rings is 1. The molecule has 4 aromatic rings. The van der Waals surface area contributed by atoms with Crippen molar-refractivity contribution in [2.24, 2.45) is 11.7 Å². The number of benzene rings is 2. The van der Waals surface area contributed by atoms with Crippen molar-refractivity contribution in [3.8, 4) is 11.1 Å². The number of hydrogen-bond donors (Lipinski definition) is 3. The van der Waals surface area contributed by atoms with Crippen molar-refractivity contribution in [3.63, 3.8) is 0 Å². The van der Waals surface area contributed by atoms with Crippen LogP contribution in [0.3, 0.4) is 0 Å². The number of carbonyl (C=O) groups excluding carboxylic acids is 1. The first-order valence-electron chi connectivity index (χ1n) is 13.6. The number of hydrogen-bond acceptors (Lipinski definition) is 5. The number of rotatable bonds is 5. The van der Waals surface area contributed by atoms with Gasteiger partial charge < -0.3 is 15.5 Å². The predicted octanol–water partition coefficient (Wildman–Crippen LogP) is 5.67. The van der Waals surface area contributed by atoms with Crippen molar-refractivity contribution in [2.75, 3.05) is 6.54 Å². The SMILES string of the molecule is CC(C)(C)OC(=O)N1C=C(c2c[nH]c(=O)c3c2cc(CCCN)c2ccc(-c4cn[nH]c4)cc23)C2C=CC=CC21. The van der Waals surface area contributed by atoms with Crippen LogP contribution >= 0.6 is 0 Å². The largest absolute Gasteiger partial charge is 0.443 e. The van der Waals surface area contributed by atoms with Gasteiger partial charge in [0.15, 0.2) is 0 Å². The van der Waals surface area contributed by atoms with Crippen LogP contribution < -0.4 is 11.3 Å². The Bertz CT molecular complexity index is 1760. The van der Waals surface area contributed by atoms with Crippen molar-refractivity contribution < 1.29 is 9.53 Å². The van der Waals surface area contributed by atoms with Gasteiger partial charge in [0, 0.05) is 35.6 Å². The minimum absolute atomic E-state index is 0.0768. The number of amides is 1. The number of carbonyl (C=O) groups is 1. The molecule has 0 saturated heterocycles. The molecule has 0 saturated carbocycles. The summed E-state index contributed by atoms with van der Waals surface area (Å²) in [5, 5.41) is 10.4. The van der Waals surface area contributed by atoms with Gasteiger partial charge in [0.05, 0.1) is 17.6 Å². The molecule has 2 unspecified atom stereocenters. The average molecular weight is 536 g/mol. The molecule has 0 radical (unpaired) electrons. The Hall–Kier alpha value is -4.43. The molecule has 1 aliphatic carbocycles. The maximum Gasteiger partial charge on any atom is 0.414 e. The van der Waals surface area contributed by atoms with Gasteiger partial charge in [0.25, 0.3) is 5.56 Å². The van der Waals surface area contributed by atoms with Crippen molar-refractivity contribution in [1.82, 2.24) is 20.1 Å². The van der Waals surface area contributed by atoms with E-state index >= 15 is 0 Å². The fraction of sp³-hybridized carbons (Fsp3) is 0.281. The van der Waals surface area contributed by atoms with Crippen LogP contribution in [-0.2, 0) is 11.2 Å². The van der Waals surface area contributed by atoms with Gasteiger partial charge in [-0.25, -0.2) is 4.79 Å². The number of allylic oxidation sites excluding steroid dienone is 2. The van der Waals surface area contributed by atoms with Crippen LogP contribution in [0.5, 0.6) is 0 Å². The summed E-state index contributed by atoms with van der Waals surface area (Å²) in [4.78, 5) is 31.4. The highest BCUT2D eigenvalue weighted by molar-refractivity contribution is 6.12. The first-order chi connectivity index (χ1) is 19.2. The molecule has 204 valence electrons. The van der Waals surface area contributed by atoms with Gasteiger partial charge in [-0.1, -0.05) is 36.4 Å². The predicted molar refractivity (Wildman–Crippen MR) is 159 cm³/mol. The molecule has 2 aromatic heterocycles. The van der Waals surface area contributed by atoms with E-state index in [9.17, 15) is 9.59 Å². The molecule has 40 heavy (non-hydrogen) atoms. The lowest BCUT2D eigenvalue weighted by Gasteiger charge is -2.29. The number of aryl methyl sites for hydroxylation is 1. The average Bonchev–Trinajstić information content (AvgIpc) is 3.60. The van der Waals surface area contributed by atoms with E-state index in [1.165, 1.54) is 0 Å². The topological polar surface area (TPSA) is 117 Å². The number of fused-ring (bicyclic) bond motifs is 4. The van der Waals surface area contributed by atoms with E-state index in [1.54, 1.807) is 17.3 Å². The molecule has 0 fully saturated rings. The second-order valence-corrected chi connectivity index (χ2v) is 11.4. The Morgan fingerprint density at radius 3 is 2.65 bits per heavy atom. The van der Waals surface area contributed by atoms with E-state index in [2.05, 4.69) is 45.5 Å². The van der Waals surface area contributed by atoms with Gasteiger partial charge in [0.1, 0.15) is 5.60 Å². The highest BCUT2D eigenvalue weighted by Gasteiger charge is 2.39. The molecular weight excluding hydrogens is 502 g/mol. The Balaban J connectivity index is 1.58. The summed E-state index contributed by atoms with van der Waals surface area (Å²) in [5.41, 5.74) is 10.0. The summed E-state index contributed by atoms with van der Waals surface area (Å²) < 4.78 is 5.74. The maximum absolute atomic E-state index is 13.5. The summed E-state index contributed by atoms with van der Waals surface area (Å²) in [6.45, 7) is 6.16. The molecule has 8 heteroatoms. The summed E-state index contributed by atoms with van der Waals surface area (Å²) >= 11 is 0. The fourth-order valence-electron chi connectivity index (χ4n) is 5.78. The Morgan fingerprint density at radius 1 is 1.07 bits per heavy atom. The van der Waals surface area contributed by atoms with Crippen molar-refractivity contribution in [1.29, 1.82) is 0 Å². The second-order valence-electron chi connectivity index (χ2n) is 11.4. The maximum atomic E-state index is 13.5.